The summed E-state index contributed by atoms with van der Waals surface area (Å²) in [4.78, 5) is 0. The predicted molar refractivity (Wildman–Crippen MR) is 74.6 cm³/mol. The van der Waals surface area contributed by atoms with Gasteiger partial charge in [0.2, 0.25) is 0 Å². The van der Waals surface area contributed by atoms with Gasteiger partial charge in [-0.3, -0.25) is 0 Å². The second-order valence-electron chi connectivity index (χ2n) is 4.69. The molecule has 18 heavy (non-hydrogen) atoms. The number of rotatable bonds is 10. The number of hydrogen-bond acceptors (Lipinski definition) is 3. The van der Waals surface area contributed by atoms with Gasteiger partial charge in [0, 0.05) is 32.3 Å². The topological polar surface area (TPSA) is 60.9 Å². The molecule has 0 unspecified atom stereocenters. The van der Waals surface area contributed by atoms with Gasteiger partial charge in [-0.1, -0.05) is 13.8 Å². The summed E-state index contributed by atoms with van der Waals surface area (Å²) in [5.74, 6) is 0. The Bertz CT molecular complexity index is 298. The number of aliphatic hydroxyl groups is 1. The minimum atomic E-state index is -3.40. The van der Waals surface area contributed by atoms with Crippen molar-refractivity contribution in [3.63, 3.8) is 0 Å². The molecule has 0 spiro atoms. The molecule has 0 amide bonds. The van der Waals surface area contributed by atoms with Crippen LogP contribution in [0.25, 0.3) is 0 Å². The van der Waals surface area contributed by atoms with Gasteiger partial charge < -0.3 is 5.11 Å². The van der Waals surface area contributed by atoms with Gasteiger partial charge in [-0.05, 0) is 33.1 Å². The Morgan fingerprint density at radius 3 is 1.89 bits per heavy atom. The molecule has 0 radical (unpaired) electrons. The summed E-state index contributed by atoms with van der Waals surface area (Å²) >= 11 is 0. The van der Waals surface area contributed by atoms with Crippen LogP contribution in [0.1, 0.15) is 47.0 Å². The summed E-state index contributed by atoms with van der Waals surface area (Å²) in [6.07, 6.45) is 2.10. The summed E-state index contributed by atoms with van der Waals surface area (Å²) in [5.41, 5.74) is 0. The first kappa shape index (κ1) is 17.8. The molecule has 0 saturated heterocycles. The highest BCUT2D eigenvalue weighted by atomic mass is 32.2. The molecule has 0 rings (SSSR count). The van der Waals surface area contributed by atoms with Gasteiger partial charge >= 0.3 is 0 Å². The maximum Gasteiger partial charge on any atom is 0.282 e. The van der Waals surface area contributed by atoms with Gasteiger partial charge in [0.1, 0.15) is 0 Å². The minimum Gasteiger partial charge on any atom is -0.396 e. The summed E-state index contributed by atoms with van der Waals surface area (Å²) in [7, 11) is -3.40. The van der Waals surface area contributed by atoms with Crippen molar-refractivity contribution in [1.29, 1.82) is 0 Å². The Morgan fingerprint density at radius 1 is 1.06 bits per heavy atom. The van der Waals surface area contributed by atoms with E-state index in [1.165, 1.54) is 4.31 Å². The Labute approximate surface area is 112 Å². The standard InChI is InChI=1S/C12H28N2O3S/c1-5-8-13(9-6-2)18(16,17)14(12(3)4)10-7-11-15/h12,15H,5-11H2,1-4H3. The van der Waals surface area contributed by atoms with Gasteiger partial charge in [0.15, 0.2) is 0 Å². The molecule has 0 bridgehead atoms. The zero-order valence-corrected chi connectivity index (χ0v) is 12.9. The van der Waals surface area contributed by atoms with Crippen LogP contribution in [0.5, 0.6) is 0 Å². The summed E-state index contributed by atoms with van der Waals surface area (Å²) < 4.78 is 28.1. The maximum atomic E-state index is 12.5. The molecule has 5 nitrogen and oxygen atoms in total. The molecule has 6 heteroatoms. The molecule has 0 aliphatic carbocycles. The van der Waals surface area contributed by atoms with Crippen LogP contribution in [-0.4, -0.2) is 54.4 Å². The van der Waals surface area contributed by atoms with E-state index in [-0.39, 0.29) is 12.6 Å². The zero-order chi connectivity index (χ0) is 14.2. The molecule has 1 N–H and O–H groups in total. The molecule has 0 aromatic carbocycles. The average molecular weight is 280 g/mol. The van der Waals surface area contributed by atoms with Gasteiger partial charge in [-0.25, -0.2) is 0 Å². The smallest absolute Gasteiger partial charge is 0.282 e. The summed E-state index contributed by atoms with van der Waals surface area (Å²) in [6.45, 7) is 9.19. The second kappa shape index (κ2) is 8.85. The second-order valence-corrected chi connectivity index (χ2v) is 6.57. The first-order valence-corrected chi connectivity index (χ1v) is 8.19. The highest BCUT2D eigenvalue weighted by molar-refractivity contribution is 7.86. The van der Waals surface area contributed by atoms with E-state index in [9.17, 15) is 8.42 Å². The van der Waals surface area contributed by atoms with Crippen molar-refractivity contribution in [3.05, 3.63) is 0 Å². The molecule has 0 aliphatic heterocycles. The lowest BCUT2D eigenvalue weighted by molar-refractivity contribution is 0.248. The van der Waals surface area contributed by atoms with Crippen molar-refractivity contribution in [2.75, 3.05) is 26.2 Å². The predicted octanol–water partition coefficient (Wildman–Crippen LogP) is 1.45. The third-order valence-electron chi connectivity index (χ3n) is 2.68. The Morgan fingerprint density at radius 2 is 1.56 bits per heavy atom. The van der Waals surface area contributed by atoms with Crippen LogP contribution >= 0.6 is 0 Å². The third-order valence-corrected chi connectivity index (χ3v) is 4.90. The van der Waals surface area contributed by atoms with Crippen LogP contribution in [-0.2, 0) is 10.2 Å². The van der Waals surface area contributed by atoms with E-state index in [4.69, 9.17) is 5.11 Å². The molecule has 0 fully saturated rings. The minimum absolute atomic E-state index is 0.0142. The monoisotopic (exact) mass is 280 g/mol. The molecule has 0 saturated carbocycles. The number of nitrogens with zero attached hydrogens (tertiary/aromatic N) is 2. The van der Waals surface area contributed by atoms with E-state index in [0.717, 1.165) is 12.8 Å². The zero-order valence-electron chi connectivity index (χ0n) is 12.1. The van der Waals surface area contributed by atoms with E-state index in [1.54, 1.807) is 4.31 Å². The molecule has 110 valence electrons. The van der Waals surface area contributed by atoms with E-state index in [1.807, 2.05) is 27.7 Å². The fourth-order valence-electron chi connectivity index (χ4n) is 1.86. The van der Waals surface area contributed by atoms with Crippen LogP contribution in [0, 0.1) is 0 Å². The number of aliphatic hydroxyl groups excluding tert-OH is 1. The van der Waals surface area contributed by atoms with Gasteiger partial charge in [0.05, 0.1) is 0 Å². The Hall–Kier alpha value is -0.170. The van der Waals surface area contributed by atoms with E-state index < -0.39 is 10.2 Å². The quantitative estimate of drug-likeness (QED) is 0.659. The van der Waals surface area contributed by atoms with Crippen molar-refractivity contribution >= 4 is 10.2 Å². The highest BCUT2D eigenvalue weighted by Gasteiger charge is 2.30. The third kappa shape index (κ3) is 5.22. The molecule has 0 heterocycles. The molecule has 0 aromatic rings. The normalized spacial score (nSPS) is 12.9. The highest BCUT2D eigenvalue weighted by Crippen LogP contribution is 2.14. The van der Waals surface area contributed by atoms with Crippen molar-refractivity contribution in [2.24, 2.45) is 0 Å². The van der Waals surface area contributed by atoms with Crippen molar-refractivity contribution < 1.29 is 13.5 Å². The average Bonchev–Trinajstić information content (AvgIpc) is 2.28. The molecular weight excluding hydrogens is 252 g/mol. The lowest BCUT2D eigenvalue weighted by Crippen LogP contribution is -2.48. The number of hydrogen-bond donors (Lipinski definition) is 1. The lowest BCUT2D eigenvalue weighted by atomic mass is 10.3. The van der Waals surface area contributed by atoms with Crippen molar-refractivity contribution in [1.82, 2.24) is 8.61 Å². The van der Waals surface area contributed by atoms with E-state index in [0.29, 0.717) is 26.1 Å². The molecular formula is C12H28N2O3S. The summed E-state index contributed by atoms with van der Waals surface area (Å²) in [6, 6.07) is -0.0854. The van der Waals surface area contributed by atoms with E-state index in [2.05, 4.69) is 0 Å². The van der Waals surface area contributed by atoms with Crippen LogP contribution < -0.4 is 0 Å². The van der Waals surface area contributed by atoms with Crippen molar-refractivity contribution in [2.45, 2.75) is 53.0 Å². The van der Waals surface area contributed by atoms with Gasteiger partial charge in [-0.15, -0.1) is 0 Å². The Kier molecular flexibility index (Phi) is 8.77. The maximum absolute atomic E-state index is 12.5. The van der Waals surface area contributed by atoms with Crippen LogP contribution in [0.2, 0.25) is 0 Å². The molecule has 0 atom stereocenters. The molecule has 0 aromatic heterocycles. The van der Waals surface area contributed by atoms with Gasteiger partial charge in [-0.2, -0.15) is 17.0 Å². The van der Waals surface area contributed by atoms with Gasteiger partial charge in [0.25, 0.3) is 10.2 Å². The fraction of sp³-hybridized carbons (Fsp3) is 1.00. The first-order chi connectivity index (χ1) is 8.41. The van der Waals surface area contributed by atoms with Crippen LogP contribution in [0.4, 0.5) is 0 Å². The largest absolute Gasteiger partial charge is 0.396 e. The Balaban J connectivity index is 4.98. The summed E-state index contributed by atoms with van der Waals surface area (Å²) in [5, 5.41) is 8.87. The van der Waals surface area contributed by atoms with E-state index >= 15 is 0 Å². The lowest BCUT2D eigenvalue weighted by Gasteiger charge is -2.32. The van der Waals surface area contributed by atoms with Crippen LogP contribution in [0.15, 0.2) is 0 Å². The van der Waals surface area contributed by atoms with Crippen molar-refractivity contribution in [3.8, 4) is 0 Å². The SMILES string of the molecule is CCCN(CCC)S(=O)(=O)N(CCCO)C(C)C. The fourth-order valence-corrected chi connectivity index (χ4v) is 3.87. The van der Waals surface area contributed by atoms with Crippen LogP contribution in [0.3, 0.4) is 0 Å². The molecule has 0 aliphatic rings. The first-order valence-electron chi connectivity index (χ1n) is 6.79.